The minimum Gasteiger partial charge on any atom is -0.387 e. The van der Waals surface area contributed by atoms with Crippen molar-refractivity contribution >= 4 is 0 Å². The molecule has 4 heteroatoms. The van der Waals surface area contributed by atoms with Crippen LogP contribution in [-0.4, -0.2) is 12.7 Å². The number of rotatable bonds is 0. The summed E-state index contributed by atoms with van der Waals surface area (Å²) in [6, 6.07) is 0. The van der Waals surface area contributed by atoms with E-state index in [-0.39, 0.29) is 5.57 Å². The zero-order chi connectivity index (χ0) is 8.48. The van der Waals surface area contributed by atoms with Gasteiger partial charge in [0, 0.05) is 12.7 Å². The van der Waals surface area contributed by atoms with Gasteiger partial charge in [-0.15, -0.1) is 0 Å². The van der Waals surface area contributed by atoms with Crippen molar-refractivity contribution in [3.05, 3.63) is 23.4 Å². The maximum atomic E-state index is 12.0. The van der Waals surface area contributed by atoms with E-state index in [1.165, 1.54) is 13.0 Å². The van der Waals surface area contributed by atoms with Crippen LogP contribution in [0.5, 0.6) is 0 Å². The number of hydrogen-bond donors (Lipinski definition) is 1. The Kier molecular flexibility index (Phi) is 1.93. The van der Waals surface area contributed by atoms with Crippen molar-refractivity contribution in [2.75, 3.05) is 6.54 Å². The zero-order valence-electron chi connectivity index (χ0n) is 6.00. The molecule has 1 N–H and O–H groups in total. The summed E-state index contributed by atoms with van der Waals surface area (Å²) in [6.45, 7) is 1.94. The molecule has 1 aliphatic heterocycles. The van der Waals surface area contributed by atoms with E-state index in [1.807, 2.05) is 0 Å². The first kappa shape index (κ1) is 8.17. The van der Waals surface area contributed by atoms with Crippen LogP contribution in [0.4, 0.5) is 13.2 Å². The highest BCUT2D eigenvalue weighted by Crippen LogP contribution is 2.31. The SMILES string of the molecule is CC1=CCNC=C1C(F)(F)F. The van der Waals surface area contributed by atoms with Crippen LogP contribution >= 0.6 is 0 Å². The van der Waals surface area contributed by atoms with E-state index in [4.69, 9.17) is 0 Å². The Hall–Kier alpha value is -0.930. The number of dihydropyridines is 1. The van der Waals surface area contributed by atoms with Crippen molar-refractivity contribution in [2.45, 2.75) is 13.1 Å². The Bertz CT molecular complexity index is 212. The quantitative estimate of drug-likeness (QED) is 0.575. The van der Waals surface area contributed by atoms with Crippen molar-refractivity contribution < 1.29 is 13.2 Å². The van der Waals surface area contributed by atoms with Gasteiger partial charge < -0.3 is 5.32 Å². The maximum Gasteiger partial charge on any atom is 0.418 e. The molecule has 0 fully saturated rings. The maximum absolute atomic E-state index is 12.0. The second-order valence-corrected chi connectivity index (χ2v) is 2.35. The fraction of sp³-hybridized carbons (Fsp3) is 0.429. The third-order valence-corrected chi connectivity index (χ3v) is 1.50. The van der Waals surface area contributed by atoms with Gasteiger partial charge in [-0.25, -0.2) is 0 Å². The normalized spacial score (nSPS) is 18.5. The molecule has 0 aliphatic carbocycles. The Morgan fingerprint density at radius 1 is 1.45 bits per heavy atom. The molecule has 0 bridgehead atoms. The summed E-state index contributed by atoms with van der Waals surface area (Å²) in [5, 5.41) is 2.51. The van der Waals surface area contributed by atoms with Crippen molar-refractivity contribution in [1.82, 2.24) is 5.32 Å². The summed E-state index contributed by atoms with van der Waals surface area (Å²) in [5.41, 5.74) is -0.292. The van der Waals surface area contributed by atoms with E-state index in [9.17, 15) is 13.2 Å². The molecular formula is C7H8F3N. The van der Waals surface area contributed by atoms with E-state index >= 15 is 0 Å². The molecule has 0 spiro atoms. The molecule has 0 unspecified atom stereocenters. The van der Waals surface area contributed by atoms with Crippen molar-refractivity contribution in [3.63, 3.8) is 0 Å². The summed E-state index contributed by atoms with van der Waals surface area (Å²) in [4.78, 5) is 0. The molecule has 0 amide bonds. The van der Waals surface area contributed by atoms with Gasteiger partial charge in [-0.05, 0) is 12.5 Å². The Morgan fingerprint density at radius 3 is 2.45 bits per heavy atom. The van der Waals surface area contributed by atoms with Crippen LogP contribution in [0, 0.1) is 0 Å². The topological polar surface area (TPSA) is 12.0 Å². The van der Waals surface area contributed by atoms with Crippen LogP contribution in [0.3, 0.4) is 0 Å². The van der Waals surface area contributed by atoms with Gasteiger partial charge in [0.1, 0.15) is 0 Å². The fourth-order valence-corrected chi connectivity index (χ4v) is 0.902. The van der Waals surface area contributed by atoms with Crippen LogP contribution in [0.15, 0.2) is 23.4 Å². The predicted octanol–water partition coefficient (Wildman–Crippen LogP) is 1.98. The molecule has 11 heavy (non-hydrogen) atoms. The molecule has 0 atom stereocenters. The highest BCUT2D eigenvalue weighted by molar-refractivity contribution is 5.35. The van der Waals surface area contributed by atoms with Gasteiger partial charge in [-0.2, -0.15) is 13.2 Å². The Labute approximate surface area is 62.6 Å². The van der Waals surface area contributed by atoms with E-state index in [2.05, 4.69) is 5.32 Å². The van der Waals surface area contributed by atoms with Crippen molar-refractivity contribution in [3.8, 4) is 0 Å². The number of nitrogens with one attached hydrogen (secondary N) is 1. The van der Waals surface area contributed by atoms with Gasteiger partial charge in [0.15, 0.2) is 0 Å². The summed E-state index contributed by atoms with van der Waals surface area (Å²) < 4.78 is 36.1. The molecular weight excluding hydrogens is 155 g/mol. The monoisotopic (exact) mass is 163 g/mol. The lowest BCUT2D eigenvalue weighted by Gasteiger charge is -2.16. The number of halogens is 3. The van der Waals surface area contributed by atoms with E-state index < -0.39 is 11.7 Å². The van der Waals surface area contributed by atoms with Gasteiger partial charge in [-0.3, -0.25) is 0 Å². The number of hydrogen-bond acceptors (Lipinski definition) is 1. The number of alkyl halides is 3. The van der Waals surface area contributed by atoms with E-state index in [0.717, 1.165) is 6.20 Å². The molecule has 62 valence electrons. The lowest BCUT2D eigenvalue weighted by molar-refractivity contribution is -0.0898. The minimum atomic E-state index is -4.23. The van der Waals surface area contributed by atoms with Crippen molar-refractivity contribution in [1.29, 1.82) is 0 Å². The van der Waals surface area contributed by atoms with Crippen LogP contribution in [0.2, 0.25) is 0 Å². The lowest BCUT2D eigenvalue weighted by Crippen LogP contribution is -2.21. The van der Waals surface area contributed by atoms with Crippen LogP contribution in [0.25, 0.3) is 0 Å². The van der Waals surface area contributed by atoms with Gasteiger partial charge >= 0.3 is 6.18 Å². The molecule has 1 rings (SSSR count). The molecule has 1 aliphatic rings. The molecule has 0 aromatic rings. The third-order valence-electron chi connectivity index (χ3n) is 1.50. The minimum absolute atomic E-state index is 0.288. The molecule has 1 nitrogen and oxygen atoms in total. The highest BCUT2D eigenvalue weighted by atomic mass is 19.4. The molecule has 1 heterocycles. The number of allylic oxidation sites excluding steroid dienone is 2. The van der Waals surface area contributed by atoms with E-state index in [1.54, 1.807) is 0 Å². The zero-order valence-corrected chi connectivity index (χ0v) is 6.00. The second kappa shape index (κ2) is 2.60. The summed E-state index contributed by atoms with van der Waals surface area (Å²) in [6.07, 6.45) is -1.70. The van der Waals surface area contributed by atoms with Crippen LogP contribution < -0.4 is 5.32 Å². The molecule has 0 aromatic heterocycles. The van der Waals surface area contributed by atoms with Gasteiger partial charge in [0.25, 0.3) is 0 Å². The van der Waals surface area contributed by atoms with Gasteiger partial charge in [-0.1, -0.05) is 6.08 Å². The largest absolute Gasteiger partial charge is 0.418 e. The summed E-state index contributed by atoms with van der Waals surface area (Å²) in [7, 11) is 0. The fourth-order valence-electron chi connectivity index (χ4n) is 0.902. The van der Waals surface area contributed by atoms with Crippen LogP contribution in [0.1, 0.15) is 6.92 Å². The first-order valence-electron chi connectivity index (χ1n) is 3.19. The Morgan fingerprint density at radius 2 is 2.09 bits per heavy atom. The lowest BCUT2D eigenvalue weighted by atomic mass is 10.1. The highest BCUT2D eigenvalue weighted by Gasteiger charge is 2.35. The summed E-state index contributed by atoms with van der Waals surface area (Å²) in [5.74, 6) is 0. The van der Waals surface area contributed by atoms with Crippen molar-refractivity contribution in [2.24, 2.45) is 0 Å². The first-order valence-corrected chi connectivity index (χ1v) is 3.19. The van der Waals surface area contributed by atoms with Gasteiger partial charge in [0.2, 0.25) is 0 Å². The smallest absolute Gasteiger partial charge is 0.387 e. The first-order chi connectivity index (χ1) is 5.02. The standard InChI is InChI=1S/C7H8F3N/c1-5-2-3-11-4-6(5)7(8,9)10/h2,4,11H,3H2,1H3. The second-order valence-electron chi connectivity index (χ2n) is 2.35. The predicted molar refractivity (Wildman–Crippen MR) is 35.9 cm³/mol. The molecule has 0 aromatic carbocycles. The average Bonchev–Trinajstić information content (AvgIpc) is 1.86. The summed E-state index contributed by atoms with van der Waals surface area (Å²) >= 11 is 0. The molecule has 0 saturated carbocycles. The third kappa shape index (κ3) is 1.76. The van der Waals surface area contributed by atoms with Gasteiger partial charge in [0.05, 0.1) is 5.57 Å². The average molecular weight is 163 g/mol. The Balaban J connectivity index is 2.87. The molecule has 0 saturated heterocycles. The van der Waals surface area contributed by atoms with Crippen LogP contribution in [-0.2, 0) is 0 Å². The van der Waals surface area contributed by atoms with E-state index in [0.29, 0.717) is 6.54 Å². The molecule has 0 radical (unpaired) electrons.